The zero-order chi connectivity index (χ0) is 21.8. The summed E-state index contributed by atoms with van der Waals surface area (Å²) in [5, 5.41) is 12.1. The molecule has 1 aromatic carbocycles. The zero-order valence-electron chi connectivity index (χ0n) is 17.1. The molecule has 2 aromatic rings. The average Bonchev–Trinajstić information content (AvgIpc) is 2.70. The van der Waals surface area contributed by atoms with Crippen molar-refractivity contribution in [3.05, 3.63) is 34.6 Å². The number of ether oxygens (including phenoxy) is 1. The molecule has 9 heteroatoms. The quantitative estimate of drug-likeness (QED) is 0.418. The zero-order valence-corrected chi connectivity index (χ0v) is 17.9. The van der Waals surface area contributed by atoms with E-state index in [4.69, 9.17) is 0 Å². The minimum atomic E-state index is -1.02. The van der Waals surface area contributed by atoms with Gasteiger partial charge in [0.15, 0.2) is 5.16 Å². The summed E-state index contributed by atoms with van der Waals surface area (Å²) in [6, 6.07) is 8.92. The number of carbonyl (C=O) groups excluding carboxylic acids is 2. The van der Waals surface area contributed by atoms with E-state index in [9.17, 15) is 19.6 Å². The van der Waals surface area contributed by atoms with Crippen LogP contribution in [-0.4, -0.2) is 39.3 Å². The predicted molar refractivity (Wildman–Crippen MR) is 110 cm³/mol. The Morgan fingerprint density at radius 1 is 1.34 bits per heavy atom. The molecule has 0 aliphatic rings. The Balaban J connectivity index is 2.40. The van der Waals surface area contributed by atoms with Gasteiger partial charge in [0.05, 0.1) is 29.3 Å². The van der Waals surface area contributed by atoms with E-state index in [1.807, 2.05) is 13.8 Å². The number of esters is 1. The topological polar surface area (TPSA) is 114 Å². The molecule has 1 N–H and O–H groups in total. The number of methoxy groups -OCH3 is 1. The number of nitriles is 1. The fourth-order valence-electron chi connectivity index (χ4n) is 2.44. The molecule has 0 spiro atoms. The molecule has 0 aliphatic heterocycles. The Morgan fingerprint density at radius 3 is 2.59 bits per heavy atom. The summed E-state index contributed by atoms with van der Waals surface area (Å²) in [5.41, 5.74) is -0.938. The highest BCUT2D eigenvalue weighted by Gasteiger charge is 2.32. The van der Waals surface area contributed by atoms with Gasteiger partial charge in [0.25, 0.3) is 5.56 Å². The first-order valence-corrected chi connectivity index (χ1v) is 9.97. The van der Waals surface area contributed by atoms with Crippen molar-refractivity contribution in [3.8, 4) is 6.07 Å². The first kappa shape index (κ1) is 22.4. The predicted octanol–water partition coefficient (Wildman–Crippen LogP) is 2.10. The van der Waals surface area contributed by atoms with Crippen LogP contribution in [0, 0.1) is 17.2 Å². The van der Waals surface area contributed by atoms with E-state index in [0.717, 1.165) is 11.8 Å². The van der Waals surface area contributed by atoms with Crippen LogP contribution < -0.4 is 10.9 Å². The molecule has 1 aromatic heterocycles. The van der Waals surface area contributed by atoms with Gasteiger partial charge in [0, 0.05) is 0 Å². The maximum atomic E-state index is 12.9. The van der Waals surface area contributed by atoms with Gasteiger partial charge in [-0.3, -0.25) is 19.0 Å². The monoisotopic (exact) mass is 416 g/mol. The number of thioether (sulfide) groups is 1. The highest BCUT2D eigenvalue weighted by atomic mass is 32.2. The van der Waals surface area contributed by atoms with Crippen LogP contribution in [0.3, 0.4) is 0 Å². The highest BCUT2D eigenvalue weighted by Crippen LogP contribution is 2.24. The second kappa shape index (κ2) is 9.09. The molecule has 0 unspecified atom stereocenters. The third kappa shape index (κ3) is 4.95. The van der Waals surface area contributed by atoms with E-state index in [1.54, 1.807) is 38.1 Å². The van der Waals surface area contributed by atoms with Crippen molar-refractivity contribution in [2.75, 3.05) is 7.11 Å². The number of carbonyl (C=O) groups is 2. The molecule has 8 nitrogen and oxygen atoms in total. The van der Waals surface area contributed by atoms with Gasteiger partial charge in [-0.25, -0.2) is 4.98 Å². The lowest BCUT2D eigenvalue weighted by molar-refractivity contribution is -0.141. The number of fused-ring (bicyclic) bond motifs is 1. The van der Waals surface area contributed by atoms with Crippen molar-refractivity contribution in [2.24, 2.45) is 5.92 Å². The maximum Gasteiger partial charge on any atom is 0.325 e. The minimum absolute atomic E-state index is 0.0926. The summed E-state index contributed by atoms with van der Waals surface area (Å²) in [7, 11) is 1.24. The number of hydrogen-bond acceptors (Lipinski definition) is 7. The Morgan fingerprint density at radius 2 is 2.00 bits per heavy atom. The Labute approximate surface area is 173 Å². The van der Waals surface area contributed by atoms with Crippen LogP contribution in [0.15, 0.2) is 34.2 Å². The number of rotatable bonds is 7. The van der Waals surface area contributed by atoms with Crippen LogP contribution in [0.5, 0.6) is 0 Å². The van der Waals surface area contributed by atoms with Crippen molar-refractivity contribution in [3.63, 3.8) is 0 Å². The largest absolute Gasteiger partial charge is 0.468 e. The van der Waals surface area contributed by atoms with Crippen LogP contribution in [0.25, 0.3) is 10.9 Å². The average molecular weight is 417 g/mol. The molecule has 0 fully saturated rings. The number of amides is 1. The molecule has 0 radical (unpaired) electrons. The van der Waals surface area contributed by atoms with Crippen LogP contribution >= 0.6 is 11.8 Å². The van der Waals surface area contributed by atoms with Crippen molar-refractivity contribution in [2.45, 2.75) is 50.2 Å². The van der Waals surface area contributed by atoms with Crippen molar-refractivity contribution in [1.82, 2.24) is 14.9 Å². The van der Waals surface area contributed by atoms with E-state index >= 15 is 0 Å². The van der Waals surface area contributed by atoms with Crippen LogP contribution in [0.1, 0.15) is 27.7 Å². The molecular formula is C20H24N4O4S. The number of para-hydroxylation sites is 1. The second-order valence-electron chi connectivity index (χ2n) is 7.10. The molecule has 0 aliphatic carbocycles. The van der Waals surface area contributed by atoms with E-state index in [0.29, 0.717) is 10.9 Å². The van der Waals surface area contributed by atoms with E-state index < -0.39 is 16.8 Å². The number of aromatic nitrogens is 2. The first-order chi connectivity index (χ1) is 13.6. The molecular weight excluding hydrogens is 392 g/mol. The molecule has 2 atom stereocenters. The molecule has 154 valence electrons. The van der Waals surface area contributed by atoms with Gasteiger partial charge in [-0.1, -0.05) is 37.7 Å². The van der Waals surface area contributed by atoms with Crippen molar-refractivity contribution < 1.29 is 14.3 Å². The number of benzene rings is 1. The summed E-state index contributed by atoms with van der Waals surface area (Å²) in [6.45, 7) is 6.70. The van der Waals surface area contributed by atoms with Gasteiger partial charge in [-0.15, -0.1) is 0 Å². The number of nitrogens with one attached hydrogen (secondary N) is 1. The van der Waals surface area contributed by atoms with Gasteiger partial charge in [-0.2, -0.15) is 5.26 Å². The third-order valence-corrected chi connectivity index (χ3v) is 5.85. The normalized spacial score (nSPS) is 14.1. The number of hydrogen-bond donors (Lipinski definition) is 1. The SMILES string of the molecule is COC(=O)Cn1c(S[C@@H](C)C(=O)N[C@@](C)(C#N)C(C)C)nc2ccccc2c1=O. The third-order valence-electron chi connectivity index (χ3n) is 4.76. The van der Waals surface area contributed by atoms with Crippen LogP contribution in [-0.2, 0) is 20.9 Å². The fourth-order valence-corrected chi connectivity index (χ4v) is 3.35. The standard InChI is InChI=1S/C20H24N4O4S/c1-12(2)20(4,11-21)23-17(26)13(3)29-19-22-15-9-7-6-8-14(15)18(27)24(19)10-16(25)28-5/h6-9,12-13H,10H2,1-5H3,(H,23,26)/t13-,20-/m0/s1. The maximum absolute atomic E-state index is 12.9. The molecule has 0 saturated heterocycles. The molecule has 29 heavy (non-hydrogen) atoms. The van der Waals surface area contributed by atoms with Gasteiger partial charge < -0.3 is 10.1 Å². The summed E-state index contributed by atoms with van der Waals surface area (Å²) < 4.78 is 5.89. The van der Waals surface area contributed by atoms with Gasteiger partial charge in [0.2, 0.25) is 5.91 Å². The number of nitrogens with zero attached hydrogens (tertiary/aromatic N) is 3. The lowest BCUT2D eigenvalue weighted by Gasteiger charge is -2.28. The van der Waals surface area contributed by atoms with Crippen LogP contribution in [0.4, 0.5) is 0 Å². The van der Waals surface area contributed by atoms with Crippen molar-refractivity contribution in [1.29, 1.82) is 5.26 Å². The molecule has 2 rings (SSSR count). The lowest BCUT2D eigenvalue weighted by Crippen LogP contribution is -2.51. The summed E-state index contributed by atoms with van der Waals surface area (Å²) >= 11 is 1.05. The van der Waals surface area contributed by atoms with Crippen molar-refractivity contribution >= 4 is 34.5 Å². The Hall–Kier alpha value is -2.86. The summed E-state index contributed by atoms with van der Waals surface area (Å²) in [6.07, 6.45) is 0. The summed E-state index contributed by atoms with van der Waals surface area (Å²) in [4.78, 5) is 41.8. The van der Waals surface area contributed by atoms with Gasteiger partial charge in [-0.05, 0) is 31.9 Å². The van der Waals surface area contributed by atoms with E-state index in [-0.39, 0.29) is 29.1 Å². The smallest absolute Gasteiger partial charge is 0.325 e. The van der Waals surface area contributed by atoms with E-state index in [2.05, 4.69) is 21.1 Å². The molecule has 0 bridgehead atoms. The molecule has 1 amide bonds. The first-order valence-electron chi connectivity index (χ1n) is 9.09. The minimum Gasteiger partial charge on any atom is -0.468 e. The van der Waals surface area contributed by atoms with Gasteiger partial charge >= 0.3 is 5.97 Å². The Bertz CT molecular complexity index is 1030. The Kier molecular flexibility index (Phi) is 7.03. The van der Waals surface area contributed by atoms with Crippen LogP contribution in [0.2, 0.25) is 0 Å². The fraction of sp³-hybridized carbons (Fsp3) is 0.450. The highest BCUT2D eigenvalue weighted by molar-refractivity contribution is 8.00. The van der Waals surface area contributed by atoms with E-state index in [1.165, 1.54) is 11.7 Å². The molecule has 1 heterocycles. The summed E-state index contributed by atoms with van der Waals surface area (Å²) in [5.74, 6) is -1.05. The van der Waals surface area contributed by atoms with Gasteiger partial charge in [0.1, 0.15) is 12.1 Å². The second-order valence-corrected chi connectivity index (χ2v) is 8.41. The lowest BCUT2D eigenvalue weighted by atomic mass is 9.90. The molecule has 0 saturated carbocycles.